The van der Waals surface area contributed by atoms with Crippen molar-refractivity contribution in [1.29, 1.82) is 0 Å². The Morgan fingerprint density at radius 3 is 2.65 bits per heavy atom. The number of nitrogens with zero attached hydrogens (tertiary/aromatic N) is 1. The maximum atomic E-state index is 12.4. The van der Waals surface area contributed by atoms with Crippen molar-refractivity contribution in [1.82, 2.24) is 10.3 Å². The van der Waals surface area contributed by atoms with E-state index in [-0.39, 0.29) is 23.5 Å². The molecule has 138 valence electrons. The normalized spacial score (nSPS) is 18.3. The average Bonchev–Trinajstić information content (AvgIpc) is 2.99. The van der Waals surface area contributed by atoms with E-state index in [1.807, 2.05) is 12.1 Å². The minimum Gasteiger partial charge on any atom is -0.493 e. The Balaban J connectivity index is 1.71. The Morgan fingerprint density at radius 2 is 2.00 bits per heavy atom. The molecule has 1 saturated heterocycles. The number of ether oxygens (including phenoxy) is 2. The summed E-state index contributed by atoms with van der Waals surface area (Å²) in [6.07, 6.45) is 3.79. The lowest BCUT2D eigenvalue weighted by Crippen LogP contribution is -2.35. The van der Waals surface area contributed by atoms with E-state index in [1.165, 1.54) is 7.11 Å². The van der Waals surface area contributed by atoms with Crippen LogP contribution in [0.1, 0.15) is 22.3 Å². The van der Waals surface area contributed by atoms with Crippen molar-refractivity contribution in [2.75, 3.05) is 18.6 Å². The molecule has 2 aromatic rings. The number of amides is 1. The van der Waals surface area contributed by atoms with Crippen LogP contribution >= 0.6 is 0 Å². The van der Waals surface area contributed by atoms with E-state index in [0.29, 0.717) is 30.1 Å². The van der Waals surface area contributed by atoms with Gasteiger partial charge >= 0.3 is 0 Å². The summed E-state index contributed by atoms with van der Waals surface area (Å²) in [4.78, 5) is 16.4. The van der Waals surface area contributed by atoms with Crippen LogP contribution in [0.3, 0.4) is 0 Å². The number of methoxy groups -OCH3 is 1. The molecule has 0 saturated carbocycles. The second kappa shape index (κ2) is 7.74. The van der Waals surface area contributed by atoms with Crippen LogP contribution in [-0.4, -0.2) is 44.0 Å². The smallest absolute Gasteiger partial charge is 0.251 e. The maximum Gasteiger partial charge on any atom is 0.251 e. The molecule has 0 aliphatic carbocycles. The van der Waals surface area contributed by atoms with Crippen molar-refractivity contribution < 1.29 is 22.7 Å². The molecule has 3 rings (SSSR count). The van der Waals surface area contributed by atoms with Gasteiger partial charge in [0, 0.05) is 24.0 Å². The van der Waals surface area contributed by atoms with E-state index in [0.717, 1.165) is 5.56 Å². The Bertz CT molecular complexity index is 884. The molecule has 1 aliphatic rings. The lowest BCUT2D eigenvalue weighted by Gasteiger charge is -2.14. The van der Waals surface area contributed by atoms with Gasteiger partial charge in [-0.25, -0.2) is 8.42 Å². The van der Waals surface area contributed by atoms with Crippen LogP contribution in [0.4, 0.5) is 0 Å². The number of carbonyl (C=O) groups is 1. The van der Waals surface area contributed by atoms with E-state index in [1.54, 1.807) is 30.6 Å². The Labute approximate surface area is 152 Å². The van der Waals surface area contributed by atoms with Gasteiger partial charge in [0.25, 0.3) is 5.91 Å². The van der Waals surface area contributed by atoms with Crippen LogP contribution < -0.4 is 14.8 Å². The SMILES string of the molecule is COc1ccc(C(=O)N[C@@H]2CCS(=O)(=O)C2)cc1OCc1ccncc1. The quantitative estimate of drug-likeness (QED) is 0.823. The fraction of sp³-hybridized carbons (Fsp3) is 0.333. The van der Waals surface area contributed by atoms with Crippen LogP contribution in [0.15, 0.2) is 42.7 Å². The van der Waals surface area contributed by atoms with Crippen LogP contribution in [0.5, 0.6) is 11.5 Å². The number of pyridine rings is 1. The van der Waals surface area contributed by atoms with E-state index < -0.39 is 9.84 Å². The summed E-state index contributed by atoms with van der Waals surface area (Å²) < 4.78 is 34.1. The van der Waals surface area contributed by atoms with Crippen LogP contribution in [0, 0.1) is 0 Å². The van der Waals surface area contributed by atoms with Crippen LogP contribution in [-0.2, 0) is 16.4 Å². The van der Waals surface area contributed by atoms with Crippen LogP contribution in [0.2, 0.25) is 0 Å². The van der Waals surface area contributed by atoms with E-state index in [2.05, 4.69) is 10.3 Å². The molecule has 26 heavy (non-hydrogen) atoms. The third kappa shape index (κ3) is 4.51. The highest BCUT2D eigenvalue weighted by Gasteiger charge is 2.29. The second-order valence-electron chi connectivity index (χ2n) is 6.08. The van der Waals surface area contributed by atoms with Gasteiger partial charge in [-0.15, -0.1) is 0 Å². The van der Waals surface area contributed by atoms with Gasteiger partial charge in [-0.2, -0.15) is 0 Å². The summed E-state index contributed by atoms with van der Waals surface area (Å²) >= 11 is 0. The van der Waals surface area contributed by atoms with Crippen molar-refractivity contribution in [2.45, 2.75) is 19.1 Å². The Morgan fingerprint density at radius 1 is 1.23 bits per heavy atom. The van der Waals surface area contributed by atoms with Gasteiger partial charge in [0.05, 0.1) is 18.6 Å². The zero-order valence-electron chi connectivity index (χ0n) is 14.3. The number of rotatable bonds is 6. The van der Waals surface area contributed by atoms with E-state index in [4.69, 9.17) is 9.47 Å². The largest absolute Gasteiger partial charge is 0.493 e. The number of benzene rings is 1. The molecule has 1 aromatic heterocycles. The zero-order valence-corrected chi connectivity index (χ0v) is 15.2. The first-order valence-electron chi connectivity index (χ1n) is 8.18. The monoisotopic (exact) mass is 376 g/mol. The number of hydrogen-bond donors (Lipinski definition) is 1. The lowest BCUT2D eigenvalue weighted by atomic mass is 10.1. The molecule has 8 heteroatoms. The fourth-order valence-corrected chi connectivity index (χ4v) is 4.42. The lowest BCUT2D eigenvalue weighted by molar-refractivity contribution is 0.0940. The van der Waals surface area contributed by atoms with Crippen molar-refractivity contribution in [3.8, 4) is 11.5 Å². The number of nitrogens with one attached hydrogen (secondary N) is 1. The number of hydrogen-bond acceptors (Lipinski definition) is 6. The summed E-state index contributed by atoms with van der Waals surface area (Å²) in [7, 11) is -1.52. The molecule has 1 fully saturated rings. The van der Waals surface area contributed by atoms with Crippen molar-refractivity contribution in [3.05, 3.63) is 53.9 Å². The third-order valence-electron chi connectivity index (χ3n) is 4.14. The standard InChI is InChI=1S/C18H20N2O5S/c1-24-16-3-2-14(18(21)20-15-6-9-26(22,23)12-15)10-17(16)25-11-13-4-7-19-8-5-13/h2-5,7-8,10,15H,6,9,11-12H2,1H3,(H,20,21)/t15-/m1/s1. The summed E-state index contributed by atoms with van der Waals surface area (Å²) in [6, 6.07) is 8.20. The molecular weight excluding hydrogens is 356 g/mol. The number of sulfone groups is 1. The predicted molar refractivity (Wildman–Crippen MR) is 96.1 cm³/mol. The van der Waals surface area contributed by atoms with Crippen molar-refractivity contribution >= 4 is 15.7 Å². The van der Waals surface area contributed by atoms with Gasteiger partial charge < -0.3 is 14.8 Å². The molecule has 1 atom stereocenters. The first-order chi connectivity index (χ1) is 12.5. The van der Waals surface area contributed by atoms with E-state index in [9.17, 15) is 13.2 Å². The first-order valence-corrected chi connectivity index (χ1v) is 10.00. The highest BCUT2D eigenvalue weighted by molar-refractivity contribution is 7.91. The topological polar surface area (TPSA) is 94.6 Å². The molecule has 1 aromatic carbocycles. The third-order valence-corrected chi connectivity index (χ3v) is 5.91. The molecule has 0 bridgehead atoms. The van der Waals surface area contributed by atoms with Gasteiger partial charge in [0.2, 0.25) is 0 Å². The molecule has 0 radical (unpaired) electrons. The van der Waals surface area contributed by atoms with Crippen molar-refractivity contribution in [3.63, 3.8) is 0 Å². The number of carbonyl (C=O) groups excluding carboxylic acids is 1. The zero-order chi connectivity index (χ0) is 18.6. The molecule has 1 aliphatic heterocycles. The molecule has 0 unspecified atom stereocenters. The molecule has 7 nitrogen and oxygen atoms in total. The van der Waals surface area contributed by atoms with Gasteiger partial charge in [-0.05, 0) is 42.3 Å². The maximum absolute atomic E-state index is 12.4. The minimum absolute atomic E-state index is 0.0136. The van der Waals surface area contributed by atoms with Gasteiger partial charge in [0.1, 0.15) is 6.61 Å². The summed E-state index contributed by atoms with van der Waals surface area (Å²) in [6.45, 7) is 0.310. The van der Waals surface area contributed by atoms with Gasteiger partial charge in [0.15, 0.2) is 21.3 Å². The second-order valence-corrected chi connectivity index (χ2v) is 8.31. The molecule has 1 N–H and O–H groups in total. The van der Waals surface area contributed by atoms with Crippen molar-refractivity contribution in [2.24, 2.45) is 0 Å². The fourth-order valence-electron chi connectivity index (χ4n) is 2.75. The number of aromatic nitrogens is 1. The first kappa shape index (κ1) is 18.2. The van der Waals surface area contributed by atoms with E-state index >= 15 is 0 Å². The Hall–Kier alpha value is -2.61. The Kier molecular flexibility index (Phi) is 5.41. The van der Waals surface area contributed by atoms with Crippen LogP contribution in [0.25, 0.3) is 0 Å². The summed E-state index contributed by atoms with van der Waals surface area (Å²) in [5.41, 5.74) is 1.33. The molecule has 0 spiro atoms. The highest BCUT2D eigenvalue weighted by Crippen LogP contribution is 2.29. The molecular formula is C18H20N2O5S. The average molecular weight is 376 g/mol. The van der Waals surface area contributed by atoms with Gasteiger partial charge in [-0.3, -0.25) is 9.78 Å². The molecule has 2 heterocycles. The summed E-state index contributed by atoms with van der Waals surface area (Å²) in [5, 5.41) is 2.77. The minimum atomic E-state index is -3.05. The predicted octanol–water partition coefficient (Wildman–Crippen LogP) is 1.59. The molecule has 1 amide bonds. The van der Waals surface area contributed by atoms with Gasteiger partial charge in [-0.1, -0.05) is 0 Å². The highest BCUT2D eigenvalue weighted by atomic mass is 32.2. The summed E-state index contributed by atoms with van der Waals surface area (Å²) in [5.74, 6) is 0.722.